The summed E-state index contributed by atoms with van der Waals surface area (Å²) in [6, 6.07) is 0.953. The van der Waals surface area contributed by atoms with Crippen LogP contribution in [0.4, 0.5) is 0 Å². The molecule has 0 unspecified atom stereocenters. The fourth-order valence-corrected chi connectivity index (χ4v) is 3.93. The van der Waals surface area contributed by atoms with Gasteiger partial charge >= 0.3 is 0 Å². The molecule has 0 aliphatic heterocycles. The van der Waals surface area contributed by atoms with Gasteiger partial charge in [0.05, 0.1) is 0 Å². The van der Waals surface area contributed by atoms with Crippen molar-refractivity contribution in [1.82, 2.24) is 4.90 Å². The van der Waals surface area contributed by atoms with E-state index < -0.39 is 0 Å². The smallest absolute Gasteiger partial charge is 0.00967 e. The second-order valence-corrected chi connectivity index (χ2v) is 7.14. The van der Waals surface area contributed by atoms with Crippen molar-refractivity contribution in [3.8, 4) is 0 Å². The van der Waals surface area contributed by atoms with Crippen LogP contribution in [0.25, 0.3) is 0 Å². The molecule has 3 aliphatic rings. The van der Waals surface area contributed by atoms with Crippen LogP contribution in [-0.2, 0) is 0 Å². The average Bonchev–Trinajstić information content (AvgIpc) is 3.22. The van der Waals surface area contributed by atoms with E-state index in [0.29, 0.717) is 5.41 Å². The molecule has 3 rings (SSSR count). The Bertz CT molecular complexity index is 252. The zero-order valence-electron chi connectivity index (χ0n) is 11.0. The predicted octanol–water partition coefficient (Wildman–Crippen LogP) is 3.74. The lowest BCUT2D eigenvalue weighted by Crippen LogP contribution is -2.42. The third-order valence-corrected chi connectivity index (χ3v) is 5.71. The summed E-state index contributed by atoms with van der Waals surface area (Å²) in [6.07, 6.45) is 13.2. The number of rotatable bonds is 6. The zero-order chi connectivity index (χ0) is 11.7. The maximum Gasteiger partial charge on any atom is 0.00967 e. The van der Waals surface area contributed by atoms with Gasteiger partial charge < -0.3 is 0 Å². The standard InChI is InChI=1S/C15H27NS/c17-12-15(8-2-1-3-9-15)11-16(14-6-7-14)10-13-4-5-13/h13-14,17H,1-12H2. The van der Waals surface area contributed by atoms with E-state index in [1.807, 2.05) is 0 Å². The molecule has 0 spiro atoms. The summed E-state index contributed by atoms with van der Waals surface area (Å²) in [5.41, 5.74) is 0.568. The van der Waals surface area contributed by atoms with Gasteiger partial charge in [-0.1, -0.05) is 19.3 Å². The molecule has 2 heteroatoms. The molecule has 3 aliphatic carbocycles. The fourth-order valence-electron chi connectivity index (χ4n) is 3.51. The molecular weight excluding hydrogens is 226 g/mol. The molecule has 0 bridgehead atoms. The molecule has 0 heterocycles. The molecule has 17 heavy (non-hydrogen) atoms. The molecular formula is C15H27NS. The van der Waals surface area contributed by atoms with E-state index in [0.717, 1.165) is 17.7 Å². The maximum absolute atomic E-state index is 4.69. The first-order valence-electron chi connectivity index (χ1n) is 7.66. The summed E-state index contributed by atoms with van der Waals surface area (Å²) >= 11 is 4.69. The minimum atomic E-state index is 0.568. The summed E-state index contributed by atoms with van der Waals surface area (Å²) in [6.45, 7) is 2.76. The lowest BCUT2D eigenvalue weighted by Gasteiger charge is -2.40. The van der Waals surface area contributed by atoms with Gasteiger partial charge in [-0.15, -0.1) is 0 Å². The van der Waals surface area contributed by atoms with Crippen LogP contribution in [0.2, 0.25) is 0 Å². The highest BCUT2D eigenvalue weighted by Crippen LogP contribution is 2.42. The molecule has 0 aromatic rings. The molecule has 0 atom stereocenters. The van der Waals surface area contributed by atoms with Gasteiger partial charge in [-0.2, -0.15) is 12.6 Å². The van der Waals surface area contributed by atoms with Crippen molar-refractivity contribution < 1.29 is 0 Å². The second kappa shape index (κ2) is 5.13. The molecule has 1 nitrogen and oxygen atoms in total. The largest absolute Gasteiger partial charge is 0.300 e. The van der Waals surface area contributed by atoms with E-state index >= 15 is 0 Å². The van der Waals surface area contributed by atoms with Gasteiger partial charge in [0.1, 0.15) is 0 Å². The molecule has 3 fully saturated rings. The Hall–Kier alpha value is 0.310. The SMILES string of the molecule is SCC1(CN(CC2CC2)C2CC2)CCCCC1. The summed E-state index contributed by atoms with van der Waals surface area (Å²) in [7, 11) is 0. The quantitative estimate of drug-likeness (QED) is 0.706. The monoisotopic (exact) mass is 253 g/mol. The number of hydrogen-bond donors (Lipinski definition) is 1. The van der Waals surface area contributed by atoms with E-state index in [4.69, 9.17) is 12.6 Å². The Morgan fingerprint density at radius 2 is 1.71 bits per heavy atom. The summed E-state index contributed by atoms with van der Waals surface area (Å²) in [4.78, 5) is 2.85. The van der Waals surface area contributed by atoms with Gasteiger partial charge in [0.2, 0.25) is 0 Å². The first-order chi connectivity index (χ1) is 8.31. The molecule has 3 saturated carbocycles. The minimum Gasteiger partial charge on any atom is -0.300 e. The van der Waals surface area contributed by atoms with Gasteiger partial charge in [-0.25, -0.2) is 0 Å². The number of thiol groups is 1. The van der Waals surface area contributed by atoms with Gasteiger partial charge in [0, 0.05) is 19.1 Å². The van der Waals surface area contributed by atoms with Gasteiger partial charge in [-0.3, -0.25) is 4.90 Å². The maximum atomic E-state index is 4.69. The third-order valence-electron chi connectivity index (χ3n) is 5.04. The van der Waals surface area contributed by atoms with Gasteiger partial charge in [0.15, 0.2) is 0 Å². The molecule has 0 amide bonds. The van der Waals surface area contributed by atoms with Crippen molar-refractivity contribution in [3.05, 3.63) is 0 Å². The molecule has 0 saturated heterocycles. The Kier molecular flexibility index (Phi) is 3.72. The van der Waals surface area contributed by atoms with Crippen molar-refractivity contribution in [1.29, 1.82) is 0 Å². The predicted molar refractivity (Wildman–Crippen MR) is 76.7 cm³/mol. The molecule has 0 N–H and O–H groups in total. The minimum absolute atomic E-state index is 0.568. The van der Waals surface area contributed by atoms with Crippen molar-refractivity contribution in [2.75, 3.05) is 18.8 Å². The zero-order valence-corrected chi connectivity index (χ0v) is 11.9. The highest BCUT2D eigenvalue weighted by Gasteiger charge is 2.39. The molecule has 98 valence electrons. The van der Waals surface area contributed by atoms with Crippen LogP contribution in [0.1, 0.15) is 57.8 Å². The lowest BCUT2D eigenvalue weighted by atomic mass is 9.75. The van der Waals surface area contributed by atoms with Crippen molar-refractivity contribution in [2.24, 2.45) is 11.3 Å². The Labute approximate surface area is 112 Å². The van der Waals surface area contributed by atoms with Crippen molar-refractivity contribution >= 4 is 12.6 Å². The first-order valence-corrected chi connectivity index (χ1v) is 8.29. The highest BCUT2D eigenvalue weighted by atomic mass is 32.1. The number of hydrogen-bond acceptors (Lipinski definition) is 2. The summed E-state index contributed by atoms with van der Waals surface area (Å²) < 4.78 is 0. The van der Waals surface area contributed by atoms with Crippen LogP contribution < -0.4 is 0 Å². The second-order valence-electron chi connectivity index (χ2n) is 6.82. The summed E-state index contributed by atoms with van der Waals surface area (Å²) in [5, 5.41) is 0. The third kappa shape index (κ3) is 3.20. The van der Waals surface area contributed by atoms with E-state index in [9.17, 15) is 0 Å². The van der Waals surface area contributed by atoms with Crippen LogP contribution in [0.5, 0.6) is 0 Å². The fraction of sp³-hybridized carbons (Fsp3) is 1.00. The van der Waals surface area contributed by atoms with E-state index in [2.05, 4.69) is 4.90 Å². The van der Waals surface area contributed by atoms with E-state index in [-0.39, 0.29) is 0 Å². The van der Waals surface area contributed by atoms with E-state index in [1.54, 1.807) is 0 Å². The average molecular weight is 253 g/mol. The lowest BCUT2D eigenvalue weighted by molar-refractivity contribution is 0.116. The van der Waals surface area contributed by atoms with Gasteiger partial charge in [-0.05, 0) is 55.6 Å². The Morgan fingerprint density at radius 3 is 2.24 bits per heavy atom. The molecule has 0 aromatic heterocycles. The van der Waals surface area contributed by atoms with Crippen LogP contribution in [-0.4, -0.2) is 29.8 Å². The normalized spacial score (nSPS) is 28.6. The van der Waals surface area contributed by atoms with Crippen molar-refractivity contribution in [2.45, 2.75) is 63.8 Å². The van der Waals surface area contributed by atoms with Crippen molar-refractivity contribution in [3.63, 3.8) is 0 Å². The van der Waals surface area contributed by atoms with Gasteiger partial charge in [0.25, 0.3) is 0 Å². The Balaban J connectivity index is 1.60. The number of nitrogens with zero attached hydrogens (tertiary/aromatic N) is 1. The summed E-state index contributed by atoms with van der Waals surface area (Å²) in [5.74, 6) is 2.16. The highest BCUT2D eigenvalue weighted by molar-refractivity contribution is 7.80. The Morgan fingerprint density at radius 1 is 1.00 bits per heavy atom. The van der Waals surface area contributed by atoms with Crippen LogP contribution in [0.3, 0.4) is 0 Å². The molecule has 0 radical (unpaired) electrons. The first kappa shape index (κ1) is 12.3. The van der Waals surface area contributed by atoms with Crippen LogP contribution >= 0.6 is 12.6 Å². The van der Waals surface area contributed by atoms with Crippen LogP contribution in [0.15, 0.2) is 0 Å². The van der Waals surface area contributed by atoms with E-state index in [1.165, 1.54) is 70.9 Å². The van der Waals surface area contributed by atoms with Crippen LogP contribution in [0, 0.1) is 11.3 Å². The molecule has 0 aromatic carbocycles. The topological polar surface area (TPSA) is 3.24 Å².